The van der Waals surface area contributed by atoms with Gasteiger partial charge in [0.05, 0.1) is 21.8 Å². The van der Waals surface area contributed by atoms with Crippen molar-refractivity contribution in [1.29, 1.82) is 0 Å². The zero-order valence-corrected chi connectivity index (χ0v) is 14.5. The first kappa shape index (κ1) is 17.4. The third-order valence-electron chi connectivity index (χ3n) is 4.30. The Balaban J connectivity index is 1.60. The van der Waals surface area contributed by atoms with E-state index in [0.29, 0.717) is 17.0 Å². The summed E-state index contributed by atoms with van der Waals surface area (Å²) >= 11 is 0. The van der Waals surface area contributed by atoms with Gasteiger partial charge in [-0.15, -0.1) is 0 Å². The number of carbonyl (C=O) groups excluding carboxylic acids is 2. The molecule has 1 aliphatic heterocycles. The molecule has 3 aromatic rings. The highest BCUT2D eigenvalue weighted by molar-refractivity contribution is 6.07. The van der Waals surface area contributed by atoms with E-state index in [2.05, 4.69) is 10.3 Å². The van der Waals surface area contributed by atoms with Gasteiger partial charge in [0.1, 0.15) is 12.3 Å². The summed E-state index contributed by atoms with van der Waals surface area (Å²) in [6.07, 6.45) is 1.62. The van der Waals surface area contributed by atoms with E-state index < -0.39 is 16.7 Å². The monoisotopic (exact) mass is 378 g/mol. The molecule has 0 radical (unpaired) electrons. The van der Waals surface area contributed by atoms with Gasteiger partial charge in [0.15, 0.2) is 6.61 Å². The second kappa shape index (κ2) is 6.95. The lowest BCUT2D eigenvalue weighted by Crippen LogP contribution is -2.43. The predicted molar refractivity (Wildman–Crippen MR) is 101 cm³/mol. The van der Waals surface area contributed by atoms with Gasteiger partial charge in [-0.2, -0.15) is 0 Å². The van der Waals surface area contributed by atoms with E-state index in [-0.39, 0.29) is 24.5 Å². The maximum absolute atomic E-state index is 12.6. The topological polar surface area (TPSA) is 115 Å². The van der Waals surface area contributed by atoms with Crippen molar-refractivity contribution in [1.82, 2.24) is 4.98 Å². The van der Waals surface area contributed by atoms with Gasteiger partial charge in [0, 0.05) is 23.7 Å². The van der Waals surface area contributed by atoms with E-state index in [0.717, 1.165) is 5.39 Å². The van der Waals surface area contributed by atoms with Crippen LogP contribution in [0, 0.1) is 10.1 Å². The SMILES string of the molecule is O=C(CN1C(=O)COc2ccc([N+](=O)[O-])cc21)Nc1cccc2cccnc12. The first-order valence-corrected chi connectivity index (χ1v) is 8.38. The van der Waals surface area contributed by atoms with Crippen LogP contribution in [0.15, 0.2) is 54.7 Å². The van der Waals surface area contributed by atoms with Crippen LogP contribution in [-0.4, -0.2) is 34.9 Å². The highest BCUT2D eigenvalue weighted by atomic mass is 16.6. The molecule has 1 N–H and O–H groups in total. The second-order valence-corrected chi connectivity index (χ2v) is 6.11. The number of pyridine rings is 1. The molecule has 28 heavy (non-hydrogen) atoms. The fourth-order valence-electron chi connectivity index (χ4n) is 3.02. The highest BCUT2D eigenvalue weighted by Crippen LogP contribution is 2.35. The third-order valence-corrected chi connectivity index (χ3v) is 4.30. The third kappa shape index (κ3) is 3.20. The van der Waals surface area contributed by atoms with Crippen LogP contribution in [0.2, 0.25) is 0 Å². The lowest BCUT2D eigenvalue weighted by atomic mass is 10.2. The fourth-order valence-corrected chi connectivity index (χ4v) is 3.02. The average Bonchev–Trinajstić information content (AvgIpc) is 2.70. The van der Waals surface area contributed by atoms with Gasteiger partial charge in [-0.3, -0.25) is 29.6 Å². The Labute approximate surface area is 158 Å². The molecule has 0 atom stereocenters. The first-order chi connectivity index (χ1) is 13.5. The maximum atomic E-state index is 12.6. The molecule has 9 nitrogen and oxygen atoms in total. The number of nitro benzene ring substituents is 1. The number of nitrogens with zero attached hydrogens (tertiary/aromatic N) is 3. The van der Waals surface area contributed by atoms with Crippen LogP contribution < -0.4 is 15.0 Å². The Morgan fingerprint density at radius 2 is 2.07 bits per heavy atom. The van der Waals surface area contributed by atoms with E-state index in [1.165, 1.54) is 23.1 Å². The standard InChI is InChI=1S/C19H14N4O5/c24-17(21-14-5-1-3-12-4-2-8-20-19(12)14)10-22-15-9-13(23(26)27)6-7-16(15)28-11-18(22)25/h1-9H,10-11H2,(H,21,24). The summed E-state index contributed by atoms with van der Waals surface area (Å²) in [5.41, 5.74) is 1.14. The summed E-state index contributed by atoms with van der Waals surface area (Å²) in [6.45, 7) is -0.548. The quantitative estimate of drug-likeness (QED) is 0.551. The normalized spacial score (nSPS) is 13.0. The molecular formula is C19H14N4O5. The number of non-ortho nitro benzene ring substituents is 1. The zero-order valence-electron chi connectivity index (χ0n) is 14.5. The molecule has 0 saturated heterocycles. The van der Waals surface area contributed by atoms with Crippen LogP contribution in [0.3, 0.4) is 0 Å². The van der Waals surface area contributed by atoms with Gasteiger partial charge in [-0.1, -0.05) is 18.2 Å². The number of nitro groups is 1. The number of hydrogen-bond acceptors (Lipinski definition) is 6. The van der Waals surface area contributed by atoms with E-state index in [4.69, 9.17) is 4.74 Å². The van der Waals surface area contributed by atoms with Gasteiger partial charge in [0.25, 0.3) is 11.6 Å². The molecule has 2 heterocycles. The minimum absolute atomic E-state index is 0.191. The van der Waals surface area contributed by atoms with Crippen LogP contribution in [0.25, 0.3) is 10.9 Å². The van der Waals surface area contributed by atoms with Crippen LogP contribution in [0.5, 0.6) is 5.75 Å². The predicted octanol–water partition coefficient (Wildman–Crippen LogP) is 2.51. The average molecular weight is 378 g/mol. The molecule has 9 heteroatoms. The first-order valence-electron chi connectivity index (χ1n) is 8.38. The number of para-hydroxylation sites is 1. The Morgan fingerprint density at radius 1 is 1.25 bits per heavy atom. The number of fused-ring (bicyclic) bond motifs is 2. The second-order valence-electron chi connectivity index (χ2n) is 6.11. The molecular weight excluding hydrogens is 364 g/mol. The van der Waals surface area contributed by atoms with E-state index in [1.54, 1.807) is 24.4 Å². The summed E-state index contributed by atoms with van der Waals surface area (Å²) in [7, 11) is 0. The van der Waals surface area contributed by atoms with Crippen LogP contribution in [0.4, 0.5) is 17.1 Å². The Morgan fingerprint density at radius 3 is 2.89 bits per heavy atom. The lowest BCUT2D eigenvalue weighted by Gasteiger charge is -2.28. The number of nitrogens with one attached hydrogen (secondary N) is 1. The molecule has 0 unspecified atom stereocenters. The molecule has 140 valence electrons. The Bertz CT molecular complexity index is 1110. The maximum Gasteiger partial charge on any atom is 0.271 e. The summed E-state index contributed by atoms with van der Waals surface area (Å²) in [5, 5.41) is 14.7. The fraction of sp³-hybridized carbons (Fsp3) is 0.105. The number of amides is 2. The van der Waals surface area contributed by atoms with Crippen molar-refractivity contribution in [2.75, 3.05) is 23.4 Å². The molecule has 2 aromatic carbocycles. The molecule has 0 bridgehead atoms. The van der Waals surface area contributed by atoms with Gasteiger partial charge >= 0.3 is 0 Å². The molecule has 0 aliphatic carbocycles. The van der Waals surface area contributed by atoms with Crippen molar-refractivity contribution >= 4 is 39.8 Å². The Hall–Kier alpha value is -4.01. The summed E-state index contributed by atoms with van der Waals surface area (Å²) in [6, 6.07) is 13.0. The molecule has 4 rings (SSSR count). The van der Waals surface area contributed by atoms with Crippen LogP contribution in [0.1, 0.15) is 0 Å². The van der Waals surface area contributed by atoms with Crippen molar-refractivity contribution in [3.05, 3.63) is 64.8 Å². The smallest absolute Gasteiger partial charge is 0.271 e. The minimum atomic E-state index is -0.570. The molecule has 0 fully saturated rings. The summed E-state index contributed by atoms with van der Waals surface area (Å²) in [4.78, 5) is 40.8. The summed E-state index contributed by atoms with van der Waals surface area (Å²) in [5.74, 6) is -0.602. The van der Waals surface area contributed by atoms with Crippen molar-refractivity contribution in [2.24, 2.45) is 0 Å². The zero-order chi connectivity index (χ0) is 19.7. The number of benzene rings is 2. The van der Waals surface area contributed by atoms with Crippen molar-refractivity contribution in [3.8, 4) is 5.75 Å². The van der Waals surface area contributed by atoms with E-state index in [9.17, 15) is 19.7 Å². The largest absolute Gasteiger partial charge is 0.482 e. The minimum Gasteiger partial charge on any atom is -0.482 e. The number of carbonyl (C=O) groups is 2. The van der Waals surface area contributed by atoms with Crippen LogP contribution in [-0.2, 0) is 9.59 Å². The molecule has 0 spiro atoms. The van der Waals surface area contributed by atoms with Crippen molar-refractivity contribution in [2.45, 2.75) is 0 Å². The molecule has 1 aromatic heterocycles. The van der Waals surface area contributed by atoms with Gasteiger partial charge < -0.3 is 10.1 Å². The van der Waals surface area contributed by atoms with Crippen molar-refractivity contribution < 1.29 is 19.2 Å². The molecule has 1 aliphatic rings. The van der Waals surface area contributed by atoms with Gasteiger partial charge in [0.2, 0.25) is 5.91 Å². The molecule has 2 amide bonds. The number of ether oxygens (including phenoxy) is 1. The number of rotatable bonds is 4. The van der Waals surface area contributed by atoms with E-state index in [1.807, 2.05) is 12.1 Å². The van der Waals surface area contributed by atoms with Crippen molar-refractivity contribution in [3.63, 3.8) is 0 Å². The van der Waals surface area contributed by atoms with Gasteiger partial charge in [-0.25, -0.2) is 0 Å². The summed E-state index contributed by atoms with van der Waals surface area (Å²) < 4.78 is 5.30. The lowest BCUT2D eigenvalue weighted by molar-refractivity contribution is -0.384. The molecule has 0 saturated carbocycles. The number of hydrogen-bond donors (Lipinski definition) is 1. The van der Waals surface area contributed by atoms with E-state index >= 15 is 0 Å². The highest BCUT2D eigenvalue weighted by Gasteiger charge is 2.29. The number of aromatic nitrogens is 1. The van der Waals surface area contributed by atoms with Crippen LogP contribution >= 0.6 is 0 Å². The van der Waals surface area contributed by atoms with Gasteiger partial charge in [-0.05, 0) is 18.2 Å². The Kier molecular flexibility index (Phi) is 4.32. The number of anilines is 2.